The first-order valence-corrected chi connectivity index (χ1v) is 11.9. The lowest BCUT2D eigenvalue weighted by Gasteiger charge is -2.47. The fourth-order valence-corrected chi connectivity index (χ4v) is 6.10. The molecular weight excluding hydrogens is 452 g/mol. The van der Waals surface area contributed by atoms with Gasteiger partial charge in [-0.25, -0.2) is 4.79 Å². The number of carbonyl (C=O) groups is 1. The number of nitrogens with one attached hydrogen (secondary N) is 2. The number of hydrogen-bond acceptors (Lipinski definition) is 2. The van der Waals surface area contributed by atoms with Crippen molar-refractivity contribution >= 4 is 44.5 Å². The molecule has 2 heterocycles. The van der Waals surface area contributed by atoms with Crippen LogP contribution >= 0.6 is 27.5 Å². The largest absolute Gasteiger partial charge is 0.349 e. The maximum atomic E-state index is 12.7. The first-order valence-electron chi connectivity index (χ1n) is 10.8. The quantitative estimate of drug-likeness (QED) is 0.622. The molecule has 1 saturated heterocycles. The molecule has 29 heavy (non-hydrogen) atoms. The summed E-state index contributed by atoms with van der Waals surface area (Å²) in [7, 11) is 0. The molecule has 1 fully saturated rings. The first-order chi connectivity index (χ1) is 14.0. The Labute approximate surface area is 186 Å². The van der Waals surface area contributed by atoms with Crippen LogP contribution in [0, 0.1) is 0 Å². The summed E-state index contributed by atoms with van der Waals surface area (Å²) in [4.78, 5) is 20.6. The van der Waals surface area contributed by atoms with Crippen LogP contribution in [-0.4, -0.2) is 59.1 Å². The van der Waals surface area contributed by atoms with Crippen molar-refractivity contribution in [2.45, 2.75) is 58.0 Å². The summed E-state index contributed by atoms with van der Waals surface area (Å²) in [6.45, 7) is 9.69. The van der Waals surface area contributed by atoms with Crippen LogP contribution in [0.15, 0.2) is 16.7 Å². The maximum absolute atomic E-state index is 12.7. The zero-order valence-corrected chi connectivity index (χ0v) is 19.7. The van der Waals surface area contributed by atoms with Gasteiger partial charge in [-0.05, 0) is 78.8 Å². The van der Waals surface area contributed by atoms with Gasteiger partial charge in [0.05, 0.1) is 4.60 Å². The number of nitrogens with zero attached hydrogens (tertiary/aromatic N) is 2. The van der Waals surface area contributed by atoms with E-state index in [2.05, 4.69) is 44.1 Å². The highest BCUT2D eigenvalue weighted by Crippen LogP contribution is 2.46. The van der Waals surface area contributed by atoms with E-state index >= 15 is 0 Å². The Morgan fingerprint density at radius 2 is 2.10 bits per heavy atom. The van der Waals surface area contributed by atoms with E-state index in [1.165, 1.54) is 16.5 Å². The van der Waals surface area contributed by atoms with Crippen LogP contribution in [-0.2, 0) is 6.42 Å². The molecule has 0 radical (unpaired) electrons. The van der Waals surface area contributed by atoms with E-state index in [4.69, 9.17) is 11.6 Å². The SMILES string of the molecule is CCCN1C[C@@H](NC(=O)N(CC)CC)C[C@@H]2c3cc(Cl)cc4[nH]c(Br)c(c34)C[C@H]21. The van der Waals surface area contributed by atoms with Crippen LogP contribution in [0.1, 0.15) is 50.7 Å². The van der Waals surface area contributed by atoms with Gasteiger partial charge in [0.25, 0.3) is 0 Å². The molecule has 2 amide bonds. The number of benzene rings is 1. The van der Waals surface area contributed by atoms with Crippen LogP contribution in [0.4, 0.5) is 4.79 Å². The van der Waals surface area contributed by atoms with Gasteiger partial charge in [-0.2, -0.15) is 0 Å². The summed E-state index contributed by atoms with van der Waals surface area (Å²) < 4.78 is 1.07. The van der Waals surface area contributed by atoms with E-state index in [-0.39, 0.29) is 12.1 Å². The molecule has 4 rings (SSSR count). The monoisotopic (exact) mass is 480 g/mol. The molecule has 2 aromatic rings. The highest BCUT2D eigenvalue weighted by Gasteiger charge is 2.42. The fraction of sp³-hybridized carbons (Fsp3) is 0.591. The van der Waals surface area contributed by atoms with Gasteiger partial charge in [-0.1, -0.05) is 18.5 Å². The summed E-state index contributed by atoms with van der Waals surface area (Å²) in [5.74, 6) is 0.369. The fourth-order valence-electron chi connectivity index (χ4n) is 5.30. The second-order valence-electron chi connectivity index (χ2n) is 8.26. The molecule has 0 saturated carbocycles. The van der Waals surface area contributed by atoms with Gasteiger partial charge < -0.3 is 15.2 Å². The third kappa shape index (κ3) is 3.79. The lowest BCUT2D eigenvalue weighted by atomic mass is 9.73. The molecule has 2 N–H and O–H groups in total. The van der Waals surface area contributed by atoms with Crippen molar-refractivity contribution in [3.8, 4) is 0 Å². The molecule has 7 heteroatoms. The molecule has 158 valence electrons. The van der Waals surface area contributed by atoms with Crippen molar-refractivity contribution in [3.63, 3.8) is 0 Å². The molecule has 3 atom stereocenters. The van der Waals surface area contributed by atoms with Gasteiger partial charge >= 0.3 is 6.03 Å². The minimum absolute atomic E-state index is 0.0482. The van der Waals surface area contributed by atoms with Gasteiger partial charge in [-0.3, -0.25) is 4.90 Å². The van der Waals surface area contributed by atoms with Crippen LogP contribution < -0.4 is 5.32 Å². The number of amides is 2. The summed E-state index contributed by atoms with van der Waals surface area (Å²) in [6.07, 6.45) is 3.08. The Kier molecular flexibility index (Phi) is 6.14. The van der Waals surface area contributed by atoms with Gasteiger partial charge in [-0.15, -0.1) is 0 Å². The molecule has 2 aliphatic rings. The van der Waals surface area contributed by atoms with Gasteiger partial charge in [0, 0.05) is 53.6 Å². The average molecular weight is 482 g/mol. The molecule has 1 aliphatic carbocycles. The Hall–Kier alpha value is -1.24. The number of carbonyl (C=O) groups excluding carboxylic acids is 1. The number of fused-ring (bicyclic) bond motifs is 2. The minimum atomic E-state index is 0.0482. The molecule has 1 aromatic heterocycles. The van der Waals surface area contributed by atoms with E-state index in [0.29, 0.717) is 12.0 Å². The first kappa shape index (κ1) is 21.0. The Bertz CT molecular complexity index is 910. The van der Waals surface area contributed by atoms with Gasteiger partial charge in [0.15, 0.2) is 0 Å². The Morgan fingerprint density at radius 3 is 2.79 bits per heavy atom. The molecule has 5 nitrogen and oxygen atoms in total. The topological polar surface area (TPSA) is 51.4 Å². The predicted molar refractivity (Wildman–Crippen MR) is 123 cm³/mol. The number of H-pyrrole nitrogens is 1. The normalized spacial score (nSPS) is 23.8. The van der Waals surface area contributed by atoms with E-state index < -0.39 is 0 Å². The zero-order chi connectivity index (χ0) is 20.7. The van der Waals surface area contributed by atoms with E-state index in [0.717, 1.165) is 60.6 Å². The average Bonchev–Trinajstić information content (AvgIpc) is 2.99. The summed E-state index contributed by atoms with van der Waals surface area (Å²) in [5.41, 5.74) is 3.78. The molecular formula is C22H30BrClN4O. The smallest absolute Gasteiger partial charge is 0.317 e. The second kappa shape index (κ2) is 8.48. The molecule has 0 bridgehead atoms. The summed E-state index contributed by atoms with van der Waals surface area (Å²) in [6, 6.07) is 4.79. The van der Waals surface area contributed by atoms with E-state index in [1.54, 1.807) is 0 Å². The minimum Gasteiger partial charge on any atom is -0.349 e. The predicted octanol–water partition coefficient (Wildman–Crippen LogP) is 5.13. The number of hydrogen-bond donors (Lipinski definition) is 2. The number of aromatic nitrogens is 1. The van der Waals surface area contributed by atoms with Crippen molar-refractivity contribution in [1.29, 1.82) is 0 Å². The highest BCUT2D eigenvalue weighted by atomic mass is 79.9. The Balaban J connectivity index is 1.69. The third-order valence-corrected chi connectivity index (χ3v) is 7.47. The molecule has 0 spiro atoms. The van der Waals surface area contributed by atoms with Crippen LogP contribution in [0.2, 0.25) is 5.02 Å². The molecule has 1 aromatic carbocycles. The standard InChI is InChI=1S/C22H30BrClN4O/c1-4-7-28-12-14(25-22(29)27(5-2)6-3)10-15-16-8-13(24)9-18-20(16)17(11-19(15)28)21(23)26-18/h8-9,14-15,19,26H,4-7,10-12H2,1-3H3,(H,25,29)/t14-,15+,19+/m0/s1. The Morgan fingerprint density at radius 1 is 1.34 bits per heavy atom. The number of rotatable bonds is 5. The number of piperidine rings is 1. The highest BCUT2D eigenvalue weighted by molar-refractivity contribution is 9.10. The number of urea groups is 1. The van der Waals surface area contributed by atoms with Crippen molar-refractivity contribution in [2.75, 3.05) is 26.2 Å². The van der Waals surface area contributed by atoms with Gasteiger partial charge in [0.2, 0.25) is 0 Å². The lowest BCUT2D eigenvalue weighted by molar-refractivity contribution is 0.0979. The van der Waals surface area contributed by atoms with Crippen LogP contribution in [0.3, 0.4) is 0 Å². The van der Waals surface area contributed by atoms with Crippen molar-refractivity contribution < 1.29 is 4.79 Å². The van der Waals surface area contributed by atoms with Crippen LogP contribution in [0.5, 0.6) is 0 Å². The molecule has 1 aliphatic heterocycles. The number of aromatic amines is 1. The lowest BCUT2D eigenvalue weighted by Crippen LogP contribution is -2.57. The number of likely N-dealkylation sites (tertiary alicyclic amines) is 1. The van der Waals surface area contributed by atoms with Crippen molar-refractivity contribution in [2.24, 2.45) is 0 Å². The zero-order valence-electron chi connectivity index (χ0n) is 17.4. The van der Waals surface area contributed by atoms with E-state index in [1.807, 2.05) is 24.8 Å². The van der Waals surface area contributed by atoms with Crippen molar-refractivity contribution in [1.82, 2.24) is 20.1 Å². The third-order valence-electron chi connectivity index (χ3n) is 6.57. The van der Waals surface area contributed by atoms with Gasteiger partial charge in [0.1, 0.15) is 0 Å². The van der Waals surface area contributed by atoms with E-state index in [9.17, 15) is 4.79 Å². The summed E-state index contributed by atoms with van der Waals surface area (Å²) >= 11 is 10.2. The second-order valence-corrected chi connectivity index (χ2v) is 9.49. The van der Waals surface area contributed by atoms with Crippen LogP contribution in [0.25, 0.3) is 10.9 Å². The van der Waals surface area contributed by atoms with Crippen molar-refractivity contribution in [3.05, 3.63) is 32.9 Å². The molecule has 0 unspecified atom stereocenters. The maximum Gasteiger partial charge on any atom is 0.317 e. The summed E-state index contributed by atoms with van der Waals surface area (Å²) in [5, 5.41) is 5.40. The number of halogens is 2.